The molecule has 0 radical (unpaired) electrons. The molecule has 2 amide bonds. The van der Waals surface area contributed by atoms with Gasteiger partial charge in [0.1, 0.15) is 6.26 Å². The summed E-state index contributed by atoms with van der Waals surface area (Å²) in [7, 11) is 0. The summed E-state index contributed by atoms with van der Waals surface area (Å²) in [5, 5.41) is 13.4. The summed E-state index contributed by atoms with van der Waals surface area (Å²) in [5.41, 5.74) is 2.54. The van der Waals surface area contributed by atoms with Gasteiger partial charge in [0.05, 0.1) is 24.8 Å². The lowest BCUT2D eigenvalue weighted by Gasteiger charge is -2.18. The highest BCUT2D eigenvalue weighted by atomic mass is 19.4. The van der Waals surface area contributed by atoms with E-state index >= 15 is 0 Å². The molecular formula is C17H20F3N3O3. The van der Waals surface area contributed by atoms with Gasteiger partial charge in [0.25, 0.3) is 0 Å². The molecule has 1 aromatic heterocycles. The molecule has 9 heteroatoms. The van der Waals surface area contributed by atoms with Crippen LogP contribution < -0.4 is 10.6 Å². The third-order valence-corrected chi connectivity index (χ3v) is 3.55. The van der Waals surface area contributed by atoms with E-state index in [4.69, 9.17) is 9.52 Å². The number of benzene rings is 1. The van der Waals surface area contributed by atoms with E-state index in [1.807, 2.05) is 31.2 Å². The predicted molar refractivity (Wildman–Crippen MR) is 88.5 cm³/mol. The number of nitrogens with zero attached hydrogens (tertiary/aromatic N) is 1. The minimum atomic E-state index is -4.46. The van der Waals surface area contributed by atoms with Crippen molar-refractivity contribution >= 4 is 6.03 Å². The monoisotopic (exact) mass is 371 g/mol. The number of aliphatic hydroxyl groups excluding tert-OH is 1. The van der Waals surface area contributed by atoms with Crippen molar-refractivity contribution in [2.24, 2.45) is 0 Å². The molecule has 142 valence electrons. The van der Waals surface area contributed by atoms with E-state index in [1.165, 1.54) is 6.26 Å². The summed E-state index contributed by atoms with van der Waals surface area (Å²) in [4.78, 5) is 15.9. The zero-order valence-electron chi connectivity index (χ0n) is 14.1. The number of aliphatic hydroxyl groups is 1. The van der Waals surface area contributed by atoms with Gasteiger partial charge in [0.2, 0.25) is 5.89 Å². The first-order valence-electron chi connectivity index (χ1n) is 8.00. The van der Waals surface area contributed by atoms with Crippen LogP contribution in [0.3, 0.4) is 0 Å². The second-order valence-electron chi connectivity index (χ2n) is 5.86. The van der Waals surface area contributed by atoms with Crippen LogP contribution in [0.1, 0.15) is 17.7 Å². The Morgan fingerprint density at radius 2 is 2.00 bits per heavy atom. The molecule has 0 bridgehead atoms. The Morgan fingerprint density at radius 3 is 2.62 bits per heavy atom. The minimum Gasteiger partial charge on any atom is -0.444 e. The fraction of sp³-hybridized carbons (Fsp3) is 0.412. The summed E-state index contributed by atoms with van der Waals surface area (Å²) in [6, 6.07) is 5.47. The molecule has 0 saturated heterocycles. The molecule has 0 spiro atoms. The highest BCUT2D eigenvalue weighted by Crippen LogP contribution is 2.21. The van der Waals surface area contributed by atoms with Crippen molar-refractivity contribution in [1.82, 2.24) is 15.6 Å². The van der Waals surface area contributed by atoms with Crippen LogP contribution >= 0.6 is 0 Å². The van der Waals surface area contributed by atoms with Crippen molar-refractivity contribution in [3.05, 3.63) is 41.8 Å². The van der Waals surface area contributed by atoms with Crippen LogP contribution in [0, 0.1) is 6.92 Å². The molecule has 2 rings (SSSR count). The van der Waals surface area contributed by atoms with Crippen LogP contribution in [-0.2, 0) is 6.42 Å². The van der Waals surface area contributed by atoms with Gasteiger partial charge in [0.15, 0.2) is 0 Å². The molecule has 0 aliphatic rings. The molecule has 1 aromatic carbocycles. The number of hydrogen-bond acceptors (Lipinski definition) is 4. The lowest BCUT2D eigenvalue weighted by Crippen LogP contribution is -2.46. The number of amides is 2. The van der Waals surface area contributed by atoms with Crippen LogP contribution in [0.2, 0.25) is 0 Å². The Labute approximate surface area is 148 Å². The zero-order chi connectivity index (χ0) is 19.2. The van der Waals surface area contributed by atoms with Gasteiger partial charge in [-0.05, 0) is 19.1 Å². The molecule has 6 nitrogen and oxygen atoms in total. The van der Waals surface area contributed by atoms with Crippen LogP contribution in [0.4, 0.5) is 18.0 Å². The largest absolute Gasteiger partial charge is 0.444 e. The van der Waals surface area contributed by atoms with Gasteiger partial charge in [0, 0.05) is 18.5 Å². The van der Waals surface area contributed by atoms with E-state index in [0.717, 1.165) is 11.1 Å². The van der Waals surface area contributed by atoms with E-state index in [9.17, 15) is 18.0 Å². The van der Waals surface area contributed by atoms with Gasteiger partial charge in [-0.3, -0.25) is 0 Å². The number of aryl methyl sites for hydroxylation is 1. The third-order valence-electron chi connectivity index (χ3n) is 3.55. The van der Waals surface area contributed by atoms with Crippen molar-refractivity contribution in [3.63, 3.8) is 0 Å². The van der Waals surface area contributed by atoms with Crippen LogP contribution in [-0.4, -0.2) is 41.5 Å². The van der Waals surface area contributed by atoms with E-state index in [-0.39, 0.29) is 6.54 Å². The SMILES string of the molecule is Cc1ccc(-c2nc(CCNC(=O)NC(CO)CC(F)(F)F)co2)cc1. The number of urea groups is 1. The number of oxazole rings is 1. The molecule has 0 aliphatic heterocycles. The second kappa shape index (κ2) is 8.70. The predicted octanol–water partition coefficient (Wildman–Crippen LogP) is 2.81. The van der Waals surface area contributed by atoms with Crippen LogP contribution in [0.15, 0.2) is 34.9 Å². The third kappa shape index (κ3) is 6.40. The zero-order valence-corrected chi connectivity index (χ0v) is 14.1. The summed E-state index contributed by atoms with van der Waals surface area (Å²) >= 11 is 0. The second-order valence-corrected chi connectivity index (χ2v) is 5.86. The van der Waals surface area contributed by atoms with Crippen molar-refractivity contribution in [2.45, 2.75) is 32.0 Å². The molecule has 1 unspecified atom stereocenters. The summed E-state index contributed by atoms with van der Waals surface area (Å²) in [6.45, 7) is 1.34. The van der Waals surface area contributed by atoms with Crippen LogP contribution in [0.5, 0.6) is 0 Å². The topological polar surface area (TPSA) is 87.4 Å². The van der Waals surface area contributed by atoms with Gasteiger partial charge in [-0.2, -0.15) is 13.2 Å². The molecule has 1 heterocycles. The summed E-state index contributed by atoms with van der Waals surface area (Å²) in [5.74, 6) is 0.454. The van der Waals surface area contributed by atoms with E-state index in [0.29, 0.717) is 18.0 Å². The Bertz CT molecular complexity index is 714. The first kappa shape index (κ1) is 19.8. The van der Waals surface area contributed by atoms with Crippen molar-refractivity contribution < 1.29 is 27.5 Å². The van der Waals surface area contributed by atoms with Crippen molar-refractivity contribution in [3.8, 4) is 11.5 Å². The number of alkyl halides is 3. The van der Waals surface area contributed by atoms with Crippen LogP contribution in [0.25, 0.3) is 11.5 Å². The fourth-order valence-corrected chi connectivity index (χ4v) is 2.23. The minimum absolute atomic E-state index is 0.163. The summed E-state index contributed by atoms with van der Waals surface area (Å²) < 4.78 is 42.2. The van der Waals surface area contributed by atoms with Crippen molar-refractivity contribution in [2.75, 3.05) is 13.2 Å². The average Bonchev–Trinajstić information content (AvgIpc) is 3.02. The number of rotatable bonds is 7. The van der Waals surface area contributed by atoms with Gasteiger partial charge in [-0.15, -0.1) is 0 Å². The normalized spacial score (nSPS) is 12.7. The fourth-order valence-electron chi connectivity index (χ4n) is 2.23. The van der Waals surface area contributed by atoms with E-state index < -0.39 is 31.3 Å². The van der Waals surface area contributed by atoms with E-state index in [1.54, 1.807) is 0 Å². The Hall–Kier alpha value is -2.55. The first-order chi connectivity index (χ1) is 12.3. The lowest BCUT2D eigenvalue weighted by molar-refractivity contribution is -0.141. The standard InChI is InChI=1S/C17H20F3N3O3/c1-11-2-4-12(5-3-11)15-22-13(10-26-15)6-7-21-16(25)23-14(9-24)8-17(18,19)20/h2-5,10,14,24H,6-9H2,1H3,(H2,21,23,25). The van der Waals surface area contributed by atoms with E-state index in [2.05, 4.69) is 15.6 Å². The number of carbonyl (C=O) groups is 1. The maximum atomic E-state index is 12.3. The summed E-state index contributed by atoms with van der Waals surface area (Å²) in [6.07, 6.45) is -3.94. The molecular weight excluding hydrogens is 351 g/mol. The van der Waals surface area contributed by atoms with Crippen molar-refractivity contribution in [1.29, 1.82) is 0 Å². The van der Waals surface area contributed by atoms with Gasteiger partial charge < -0.3 is 20.2 Å². The number of hydrogen-bond donors (Lipinski definition) is 3. The highest BCUT2D eigenvalue weighted by Gasteiger charge is 2.32. The maximum absolute atomic E-state index is 12.3. The number of carbonyl (C=O) groups excluding carboxylic acids is 1. The van der Waals surface area contributed by atoms with Gasteiger partial charge in [-0.1, -0.05) is 17.7 Å². The Kier molecular flexibility index (Phi) is 6.62. The number of aromatic nitrogens is 1. The molecule has 2 aromatic rings. The molecule has 26 heavy (non-hydrogen) atoms. The molecule has 0 saturated carbocycles. The maximum Gasteiger partial charge on any atom is 0.391 e. The smallest absolute Gasteiger partial charge is 0.391 e. The molecule has 0 fully saturated rings. The van der Waals surface area contributed by atoms with Gasteiger partial charge in [-0.25, -0.2) is 9.78 Å². The first-order valence-corrected chi connectivity index (χ1v) is 8.00. The quantitative estimate of drug-likeness (QED) is 0.698. The molecule has 1 atom stereocenters. The highest BCUT2D eigenvalue weighted by molar-refractivity contribution is 5.74. The average molecular weight is 371 g/mol. The molecule has 3 N–H and O–H groups in total. The molecule has 0 aliphatic carbocycles. The number of halogens is 3. The Morgan fingerprint density at radius 1 is 1.31 bits per heavy atom. The van der Waals surface area contributed by atoms with Gasteiger partial charge >= 0.3 is 12.2 Å². The lowest BCUT2D eigenvalue weighted by atomic mass is 10.1. The number of nitrogens with one attached hydrogen (secondary N) is 2. The Balaban J connectivity index is 1.79.